The number of hydrogen-bond donors (Lipinski definition) is 1. The van der Waals surface area contributed by atoms with Crippen LogP contribution in [0.1, 0.15) is 19.8 Å². The molecule has 1 N–H and O–H groups in total. The number of rotatable bonds is 5. The molecule has 0 atom stereocenters. The number of esters is 1. The number of ether oxygens (including phenoxy) is 1. The molecule has 0 radical (unpaired) electrons. The van der Waals surface area contributed by atoms with E-state index in [0.29, 0.717) is 6.42 Å². The third kappa shape index (κ3) is 3.85. The smallest absolute Gasteiger partial charge is 0.416 e. The van der Waals surface area contributed by atoms with Gasteiger partial charge in [0.05, 0.1) is 13.0 Å². The number of aliphatic hydroxyl groups is 1. The van der Waals surface area contributed by atoms with Crippen molar-refractivity contribution in [2.45, 2.75) is 19.8 Å². The maximum absolute atomic E-state index is 10.9. The van der Waals surface area contributed by atoms with Crippen molar-refractivity contribution in [3.63, 3.8) is 0 Å². The van der Waals surface area contributed by atoms with Gasteiger partial charge in [-0.1, -0.05) is 0 Å². The van der Waals surface area contributed by atoms with Crippen LogP contribution in [-0.4, -0.2) is 34.8 Å². The third-order valence-electron chi connectivity index (χ3n) is 1.20. The van der Waals surface area contributed by atoms with Gasteiger partial charge < -0.3 is 15.4 Å². The molecule has 5 nitrogen and oxygen atoms in total. The van der Waals surface area contributed by atoms with E-state index < -0.39 is 5.97 Å². The Morgan fingerprint density at radius 1 is 1.67 bits per heavy atom. The van der Waals surface area contributed by atoms with Gasteiger partial charge >= 0.3 is 11.7 Å². The molecule has 0 spiro atoms. The molecule has 5 heteroatoms. The van der Waals surface area contributed by atoms with Gasteiger partial charge in [0.2, 0.25) is 0 Å². The van der Waals surface area contributed by atoms with Gasteiger partial charge in [0, 0.05) is 6.61 Å². The quantitative estimate of drug-likeness (QED) is 0.274. The molecule has 0 amide bonds. The normalized spacial score (nSPS) is 8.83. The summed E-state index contributed by atoms with van der Waals surface area (Å²) in [4.78, 5) is 13.7. The molecule has 0 heterocycles. The molecule has 0 saturated heterocycles. The fourth-order valence-corrected chi connectivity index (χ4v) is 0.654. The van der Waals surface area contributed by atoms with E-state index in [1.807, 2.05) is 0 Å². The second-order valence-electron chi connectivity index (χ2n) is 2.09. The average Bonchev–Trinajstić information content (AvgIpc) is 2.06. The Balaban J connectivity index is 3.99. The Bertz CT molecular complexity index is 197. The molecule has 0 aliphatic heterocycles. The first-order valence-electron chi connectivity index (χ1n) is 3.75. The second kappa shape index (κ2) is 6.52. The van der Waals surface area contributed by atoms with E-state index in [9.17, 15) is 4.79 Å². The zero-order chi connectivity index (χ0) is 9.40. The van der Waals surface area contributed by atoms with Gasteiger partial charge in [-0.15, -0.1) is 0 Å². The molecule has 0 rings (SSSR count). The van der Waals surface area contributed by atoms with E-state index in [1.54, 1.807) is 6.92 Å². The molecule has 0 aliphatic carbocycles. The van der Waals surface area contributed by atoms with Crippen LogP contribution < -0.4 is 0 Å². The minimum absolute atomic E-state index is 0.0432. The summed E-state index contributed by atoms with van der Waals surface area (Å²) in [5, 5.41) is 8.43. The summed E-state index contributed by atoms with van der Waals surface area (Å²) in [5.74, 6) is -0.631. The minimum atomic E-state index is -0.631. The summed E-state index contributed by atoms with van der Waals surface area (Å²) in [6.07, 6.45) is 0.615. The molecule has 0 fully saturated rings. The van der Waals surface area contributed by atoms with E-state index >= 15 is 0 Å². The monoisotopic (exact) mass is 172 g/mol. The fraction of sp³-hybridized carbons (Fsp3) is 0.714. The molecule has 0 aromatic carbocycles. The van der Waals surface area contributed by atoms with E-state index in [0.717, 1.165) is 0 Å². The first-order chi connectivity index (χ1) is 5.76. The predicted molar refractivity (Wildman–Crippen MR) is 41.6 cm³/mol. The van der Waals surface area contributed by atoms with Crippen LogP contribution in [0.2, 0.25) is 0 Å². The summed E-state index contributed by atoms with van der Waals surface area (Å²) in [6.45, 7) is 1.87. The standard InChI is InChI=1S/C7H12N2O3/c1-2-12-7(11)6(9-8)4-3-5-10/h10H,2-5H2,1H3. The van der Waals surface area contributed by atoms with Crippen LogP contribution in [0.25, 0.3) is 5.53 Å². The lowest BCUT2D eigenvalue weighted by Crippen LogP contribution is -2.18. The summed E-state index contributed by atoms with van der Waals surface area (Å²) in [5.41, 5.74) is 8.31. The highest BCUT2D eigenvalue weighted by atomic mass is 16.5. The molecule has 0 aliphatic rings. The fourth-order valence-electron chi connectivity index (χ4n) is 0.654. The largest absolute Gasteiger partial charge is 0.457 e. The van der Waals surface area contributed by atoms with Crippen LogP contribution in [0.3, 0.4) is 0 Å². The van der Waals surface area contributed by atoms with Gasteiger partial charge in [-0.2, -0.15) is 4.79 Å². The van der Waals surface area contributed by atoms with Crippen molar-refractivity contribution in [3.05, 3.63) is 5.53 Å². The second-order valence-corrected chi connectivity index (χ2v) is 2.09. The number of aliphatic hydroxyl groups excluding tert-OH is 1. The molecule has 0 saturated carbocycles. The van der Waals surface area contributed by atoms with E-state index in [4.69, 9.17) is 10.6 Å². The highest BCUT2D eigenvalue weighted by Gasteiger charge is 2.20. The Morgan fingerprint density at radius 3 is 2.75 bits per heavy atom. The molecule has 0 unspecified atom stereocenters. The van der Waals surface area contributed by atoms with Gasteiger partial charge in [-0.3, -0.25) is 0 Å². The van der Waals surface area contributed by atoms with Crippen molar-refractivity contribution >= 4 is 11.7 Å². The van der Waals surface area contributed by atoms with Crippen molar-refractivity contribution in [3.8, 4) is 0 Å². The number of nitrogens with zero attached hydrogens (tertiary/aromatic N) is 2. The lowest BCUT2D eigenvalue weighted by Gasteiger charge is -1.95. The topological polar surface area (TPSA) is 82.9 Å². The molecular formula is C7H12N2O3. The molecule has 0 aromatic heterocycles. The van der Waals surface area contributed by atoms with Crippen LogP contribution in [0.5, 0.6) is 0 Å². The molecular weight excluding hydrogens is 160 g/mol. The number of carbonyl (C=O) groups excluding carboxylic acids is 1. The van der Waals surface area contributed by atoms with Crippen molar-refractivity contribution in [1.29, 1.82) is 0 Å². The summed E-state index contributed by atoms with van der Waals surface area (Å²) < 4.78 is 4.58. The minimum Gasteiger partial charge on any atom is -0.457 e. The van der Waals surface area contributed by atoms with E-state index in [2.05, 4.69) is 9.53 Å². The Kier molecular flexibility index (Phi) is 5.87. The SMILES string of the molecule is CCOC(=O)C(CCCO)=[N+]=[N-]. The lowest BCUT2D eigenvalue weighted by atomic mass is 10.2. The average molecular weight is 172 g/mol. The predicted octanol–water partition coefficient (Wildman–Crippen LogP) is -0.00720. The Morgan fingerprint density at radius 2 is 2.33 bits per heavy atom. The van der Waals surface area contributed by atoms with Crippen LogP contribution in [0.4, 0.5) is 0 Å². The molecule has 12 heavy (non-hydrogen) atoms. The van der Waals surface area contributed by atoms with Crippen molar-refractivity contribution in [2.75, 3.05) is 13.2 Å². The Labute approximate surface area is 70.6 Å². The zero-order valence-electron chi connectivity index (χ0n) is 6.99. The summed E-state index contributed by atoms with van der Waals surface area (Å²) >= 11 is 0. The van der Waals surface area contributed by atoms with Crippen LogP contribution >= 0.6 is 0 Å². The summed E-state index contributed by atoms with van der Waals surface area (Å²) in [6, 6.07) is 0. The van der Waals surface area contributed by atoms with Gasteiger partial charge in [-0.05, 0) is 13.3 Å². The van der Waals surface area contributed by atoms with E-state index in [1.165, 1.54) is 0 Å². The van der Waals surface area contributed by atoms with Crippen LogP contribution in [0.15, 0.2) is 0 Å². The van der Waals surface area contributed by atoms with Gasteiger partial charge in [0.25, 0.3) is 0 Å². The van der Waals surface area contributed by atoms with Crippen molar-refractivity contribution in [1.82, 2.24) is 0 Å². The molecule has 0 aromatic rings. The van der Waals surface area contributed by atoms with Crippen molar-refractivity contribution < 1.29 is 19.4 Å². The number of hydrogen-bond acceptors (Lipinski definition) is 3. The van der Waals surface area contributed by atoms with Crippen LogP contribution in [0, 0.1) is 0 Å². The zero-order valence-corrected chi connectivity index (χ0v) is 6.99. The Hall–Kier alpha value is -1.19. The maximum Gasteiger partial charge on any atom is 0.416 e. The highest BCUT2D eigenvalue weighted by molar-refractivity contribution is 6.33. The van der Waals surface area contributed by atoms with Crippen LogP contribution in [-0.2, 0) is 9.53 Å². The molecule has 0 bridgehead atoms. The highest BCUT2D eigenvalue weighted by Crippen LogP contribution is 1.92. The molecule has 68 valence electrons. The first-order valence-corrected chi connectivity index (χ1v) is 3.75. The third-order valence-corrected chi connectivity index (χ3v) is 1.20. The van der Waals surface area contributed by atoms with Gasteiger partial charge in [-0.25, -0.2) is 4.79 Å². The van der Waals surface area contributed by atoms with Gasteiger partial charge in [0.15, 0.2) is 0 Å². The maximum atomic E-state index is 10.9. The lowest BCUT2D eigenvalue weighted by molar-refractivity contribution is -0.140. The van der Waals surface area contributed by atoms with Crippen molar-refractivity contribution in [2.24, 2.45) is 0 Å². The first kappa shape index (κ1) is 10.8. The van der Waals surface area contributed by atoms with Gasteiger partial charge in [0.1, 0.15) is 0 Å². The summed E-state index contributed by atoms with van der Waals surface area (Å²) in [7, 11) is 0. The number of carbonyl (C=O) groups is 1. The van der Waals surface area contributed by atoms with E-state index in [-0.39, 0.29) is 25.3 Å².